The second kappa shape index (κ2) is 9.65. The number of benzene rings is 2. The van der Waals surface area contributed by atoms with Crippen LogP contribution in [0.4, 0.5) is 4.79 Å². The van der Waals surface area contributed by atoms with Crippen LogP contribution in [0, 0.1) is 0 Å². The van der Waals surface area contributed by atoms with Crippen LogP contribution in [0.25, 0.3) is 11.1 Å². The number of aliphatic carboxylic acids is 1. The highest BCUT2D eigenvalue weighted by Crippen LogP contribution is 2.44. The Labute approximate surface area is 194 Å². The van der Waals surface area contributed by atoms with Crippen molar-refractivity contribution in [2.45, 2.75) is 64.0 Å². The van der Waals surface area contributed by atoms with Gasteiger partial charge < -0.3 is 20.5 Å². The maximum absolute atomic E-state index is 13.0. The van der Waals surface area contributed by atoms with Crippen LogP contribution in [-0.4, -0.2) is 40.8 Å². The number of nitrogens with one attached hydrogen (secondary N) is 2. The van der Waals surface area contributed by atoms with Crippen LogP contribution in [0.5, 0.6) is 0 Å². The van der Waals surface area contributed by atoms with Gasteiger partial charge in [0.15, 0.2) is 0 Å². The summed E-state index contributed by atoms with van der Waals surface area (Å²) in [5, 5.41) is 14.8. The first-order valence-electron chi connectivity index (χ1n) is 11.3. The number of alkyl carbamates (subject to hydrolysis) is 1. The third-order valence-corrected chi connectivity index (χ3v) is 6.54. The van der Waals surface area contributed by atoms with Gasteiger partial charge in [0.2, 0.25) is 5.91 Å². The van der Waals surface area contributed by atoms with E-state index >= 15 is 0 Å². The van der Waals surface area contributed by atoms with Crippen molar-refractivity contribution in [2.24, 2.45) is 0 Å². The maximum atomic E-state index is 13.0. The van der Waals surface area contributed by atoms with E-state index in [2.05, 4.69) is 22.8 Å². The van der Waals surface area contributed by atoms with Gasteiger partial charge in [-0.3, -0.25) is 4.79 Å². The number of carboxylic acid groups (broad SMARTS) is 1. The van der Waals surface area contributed by atoms with Gasteiger partial charge in [-0.2, -0.15) is 0 Å². The molecule has 2 aromatic rings. The molecule has 1 aliphatic carbocycles. The SMILES string of the molecule is CCCC(C)(NC(=O)OCC1c2ccccc2-c2ccccc21)C(=O)NC(C)(CC)C(=O)O. The predicted octanol–water partition coefficient (Wildman–Crippen LogP) is 4.45. The Kier molecular flexibility index (Phi) is 7.10. The Morgan fingerprint density at radius 2 is 1.45 bits per heavy atom. The molecule has 3 rings (SSSR count). The zero-order valence-electron chi connectivity index (χ0n) is 19.6. The van der Waals surface area contributed by atoms with Crippen molar-refractivity contribution in [3.05, 3.63) is 59.7 Å². The smallest absolute Gasteiger partial charge is 0.408 e. The first-order chi connectivity index (χ1) is 15.6. The van der Waals surface area contributed by atoms with E-state index in [0.29, 0.717) is 12.8 Å². The fourth-order valence-electron chi connectivity index (χ4n) is 4.27. The second-order valence-electron chi connectivity index (χ2n) is 8.98. The lowest BCUT2D eigenvalue weighted by Gasteiger charge is -2.33. The van der Waals surface area contributed by atoms with E-state index in [-0.39, 0.29) is 18.9 Å². The van der Waals surface area contributed by atoms with Crippen LogP contribution >= 0.6 is 0 Å². The zero-order valence-corrected chi connectivity index (χ0v) is 19.6. The summed E-state index contributed by atoms with van der Waals surface area (Å²) in [5.74, 6) is -1.77. The van der Waals surface area contributed by atoms with E-state index in [1.165, 1.54) is 6.92 Å². The molecule has 2 unspecified atom stereocenters. The van der Waals surface area contributed by atoms with E-state index in [0.717, 1.165) is 22.3 Å². The molecule has 0 heterocycles. The number of hydrogen-bond acceptors (Lipinski definition) is 4. The van der Waals surface area contributed by atoms with Crippen LogP contribution in [-0.2, 0) is 14.3 Å². The minimum Gasteiger partial charge on any atom is -0.480 e. The Morgan fingerprint density at radius 1 is 0.909 bits per heavy atom. The van der Waals surface area contributed by atoms with E-state index in [4.69, 9.17) is 4.74 Å². The first-order valence-corrected chi connectivity index (χ1v) is 11.3. The average molecular weight is 453 g/mol. The molecule has 2 atom stereocenters. The van der Waals surface area contributed by atoms with Gasteiger partial charge in [0.25, 0.3) is 0 Å². The van der Waals surface area contributed by atoms with Gasteiger partial charge >= 0.3 is 12.1 Å². The monoisotopic (exact) mass is 452 g/mol. The molecule has 3 N–H and O–H groups in total. The molecule has 0 aromatic heterocycles. The lowest BCUT2D eigenvalue weighted by atomic mass is 9.91. The van der Waals surface area contributed by atoms with Crippen molar-refractivity contribution in [2.75, 3.05) is 6.61 Å². The molecule has 0 fully saturated rings. The number of hydrogen-bond donors (Lipinski definition) is 3. The largest absolute Gasteiger partial charge is 0.480 e. The van der Waals surface area contributed by atoms with E-state index in [1.54, 1.807) is 13.8 Å². The third-order valence-electron chi connectivity index (χ3n) is 6.54. The van der Waals surface area contributed by atoms with Gasteiger partial charge in [-0.15, -0.1) is 0 Å². The fraction of sp³-hybridized carbons (Fsp3) is 0.423. The number of ether oxygens (including phenoxy) is 1. The standard InChI is InChI=1S/C26H32N2O5/c1-5-15-26(4,22(29)27-25(3,6-2)23(30)31)28-24(32)33-16-21-19-13-9-7-11-17(19)18-12-8-10-14-20(18)21/h7-14,21H,5-6,15-16H2,1-4H3,(H,27,29)(H,28,32)(H,30,31). The highest BCUT2D eigenvalue weighted by Gasteiger charge is 2.41. The summed E-state index contributed by atoms with van der Waals surface area (Å²) in [5.41, 5.74) is 1.73. The van der Waals surface area contributed by atoms with Crippen molar-refractivity contribution < 1.29 is 24.2 Å². The molecule has 0 spiro atoms. The molecular formula is C26H32N2O5. The van der Waals surface area contributed by atoms with Crippen LogP contribution in [0.3, 0.4) is 0 Å². The topological polar surface area (TPSA) is 105 Å². The minimum absolute atomic E-state index is 0.0928. The third kappa shape index (κ3) is 4.87. The average Bonchev–Trinajstić information content (AvgIpc) is 3.11. The fourth-order valence-corrected chi connectivity index (χ4v) is 4.27. The van der Waals surface area contributed by atoms with Gasteiger partial charge in [0.05, 0.1) is 0 Å². The Morgan fingerprint density at radius 3 is 1.94 bits per heavy atom. The summed E-state index contributed by atoms with van der Waals surface area (Å²) in [6, 6.07) is 16.1. The van der Waals surface area contributed by atoms with E-state index in [1.807, 2.05) is 43.3 Å². The molecule has 1 aliphatic rings. The number of carbonyl (C=O) groups excluding carboxylic acids is 2. The van der Waals surface area contributed by atoms with Crippen LogP contribution in [0.15, 0.2) is 48.5 Å². The minimum atomic E-state index is -1.42. The molecule has 2 aromatic carbocycles. The van der Waals surface area contributed by atoms with Crippen LogP contribution in [0.1, 0.15) is 64.0 Å². The molecule has 0 bridgehead atoms. The van der Waals surface area contributed by atoms with Gasteiger partial charge in [0, 0.05) is 5.92 Å². The van der Waals surface area contributed by atoms with Gasteiger partial charge in [-0.1, -0.05) is 68.8 Å². The highest BCUT2D eigenvalue weighted by molar-refractivity contribution is 5.93. The summed E-state index contributed by atoms with van der Waals surface area (Å²) in [6.07, 6.45) is 0.448. The number of carboxylic acids is 1. The molecule has 0 saturated heterocycles. The van der Waals surface area contributed by atoms with E-state index < -0.39 is 29.0 Å². The quantitative estimate of drug-likeness (QED) is 0.521. The molecule has 0 radical (unpaired) electrons. The molecule has 33 heavy (non-hydrogen) atoms. The number of rotatable bonds is 9. The van der Waals surface area contributed by atoms with Crippen molar-refractivity contribution in [1.29, 1.82) is 0 Å². The van der Waals surface area contributed by atoms with Crippen molar-refractivity contribution >= 4 is 18.0 Å². The molecule has 7 heteroatoms. The van der Waals surface area contributed by atoms with Crippen LogP contribution in [0.2, 0.25) is 0 Å². The normalized spacial score (nSPS) is 16.0. The summed E-state index contributed by atoms with van der Waals surface area (Å²) >= 11 is 0. The molecule has 2 amide bonds. The van der Waals surface area contributed by atoms with Crippen LogP contribution < -0.4 is 10.6 Å². The highest BCUT2D eigenvalue weighted by atomic mass is 16.5. The Bertz CT molecular complexity index is 1010. The van der Waals surface area contributed by atoms with E-state index in [9.17, 15) is 19.5 Å². The first kappa shape index (κ1) is 24.3. The Balaban J connectivity index is 1.72. The zero-order chi connectivity index (χ0) is 24.2. The number of carbonyl (C=O) groups is 3. The molecule has 7 nitrogen and oxygen atoms in total. The number of amides is 2. The molecule has 176 valence electrons. The van der Waals surface area contributed by atoms with Gasteiger partial charge in [-0.05, 0) is 48.9 Å². The summed E-state index contributed by atoms with van der Waals surface area (Å²) in [7, 11) is 0. The summed E-state index contributed by atoms with van der Waals surface area (Å²) in [4.78, 5) is 37.4. The van der Waals surface area contributed by atoms with Gasteiger partial charge in [-0.25, -0.2) is 9.59 Å². The van der Waals surface area contributed by atoms with Crippen molar-refractivity contribution in [3.8, 4) is 11.1 Å². The lowest BCUT2D eigenvalue weighted by molar-refractivity contribution is -0.148. The predicted molar refractivity (Wildman–Crippen MR) is 126 cm³/mol. The number of fused-ring (bicyclic) bond motifs is 3. The summed E-state index contributed by atoms with van der Waals surface area (Å²) in [6.45, 7) is 6.75. The summed E-state index contributed by atoms with van der Waals surface area (Å²) < 4.78 is 5.59. The maximum Gasteiger partial charge on any atom is 0.408 e. The lowest BCUT2D eigenvalue weighted by Crippen LogP contribution is -2.63. The van der Waals surface area contributed by atoms with Crippen molar-refractivity contribution in [1.82, 2.24) is 10.6 Å². The molecule has 0 aliphatic heterocycles. The second-order valence-corrected chi connectivity index (χ2v) is 8.98. The van der Waals surface area contributed by atoms with Crippen molar-refractivity contribution in [3.63, 3.8) is 0 Å². The molecular weight excluding hydrogens is 420 g/mol. The van der Waals surface area contributed by atoms with Gasteiger partial charge in [0.1, 0.15) is 17.7 Å². The molecule has 0 saturated carbocycles. The Hall–Kier alpha value is -3.35.